The van der Waals surface area contributed by atoms with Crippen molar-refractivity contribution in [2.24, 2.45) is 0 Å². The molecule has 0 aliphatic rings. The van der Waals surface area contributed by atoms with Crippen LogP contribution in [0.3, 0.4) is 0 Å². The molecule has 0 fully saturated rings. The minimum atomic E-state index is 0.526. The molecule has 1 atom stereocenters. The number of hydrogen-bond donors (Lipinski definition) is 1. The second-order valence-corrected chi connectivity index (χ2v) is 4.34. The lowest BCUT2D eigenvalue weighted by atomic mass is 10.1. The minimum absolute atomic E-state index is 0.526. The van der Waals surface area contributed by atoms with E-state index in [-0.39, 0.29) is 0 Å². The second-order valence-electron chi connectivity index (χ2n) is 3.49. The molecule has 2 heteroatoms. The topological polar surface area (TPSA) is 12.0 Å². The third kappa shape index (κ3) is 3.12. The van der Waals surface area contributed by atoms with E-state index < -0.39 is 0 Å². The molecule has 0 radical (unpaired) electrons. The molecule has 0 saturated carbocycles. The number of nitrogens with one attached hydrogen (secondary N) is 1. The highest BCUT2D eigenvalue weighted by Gasteiger charge is 2.04. The van der Waals surface area contributed by atoms with Gasteiger partial charge in [0.05, 0.1) is 0 Å². The number of rotatable bonds is 3. The van der Waals surface area contributed by atoms with E-state index in [1.54, 1.807) is 0 Å². The number of likely N-dealkylation sites (N-methyl/N-ethyl adjacent to an activating group) is 1. The Morgan fingerprint density at radius 2 is 2.15 bits per heavy atom. The van der Waals surface area contributed by atoms with E-state index in [2.05, 4.69) is 53.3 Å². The lowest BCUT2D eigenvalue weighted by Gasteiger charge is -2.11. The van der Waals surface area contributed by atoms with Crippen LogP contribution in [0.4, 0.5) is 0 Å². The molecule has 1 unspecified atom stereocenters. The van der Waals surface area contributed by atoms with Crippen LogP contribution in [0.2, 0.25) is 0 Å². The van der Waals surface area contributed by atoms with Gasteiger partial charge in [0.1, 0.15) is 0 Å². The normalized spacial score (nSPS) is 12.9. The highest BCUT2D eigenvalue weighted by atomic mass is 79.9. The van der Waals surface area contributed by atoms with Crippen LogP contribution in [0.5, 0.6) is 0 Å². The third-order valence-corrected chi connectivity index (χ3v) is 2.99. The molecule has 0 saturated heterocycles. The van der Waals surface area contributed by atoms with Gasteiger partial charge in [0.2, 0.25) is 0 Å². The summed E-state index contributed by atoms with van der Waals surface area (Å²) in [5.74, 6) is 0. The summed E-state index contributed by atoms with van der Waals surface area (Å²) in [6.45, 7) is 4.31. The van der Waals surface area contributed by atoms with Crippen molar-refractivity contribution < 1.29 is 0 Å². The number of halogens is 1. The maximum atomic E-state index is 3.56. The summed E-state index contributed by atoms with van der Waals surface area (Å²) < 4.78 is 1.21. The first-order valence-corrected chi connectivity index (χ1v) is 5.35. The summed E-state index contributed by atoms with van der Waals surface area (Å²) in [7, 11) is 1.99. The first-order valence-electron chi connectivity index (χ1n) is 4.55. The van der Waals surface area contributed by atoms with Crippen molar-refractivity contribution in [3.05, 3.63) is 33.8 Å². The summed E-state index contributed by atoms with van der Waals surface area (Å²) in [4.78, 5) is 0. The van der Waals surface area contributed by atoms with Crippen LogP contribution in [-0.4, -0.2) is 13.1 Å². The fraction of sp³-hybridized carbons (Fsp3) is 0.455. The summed E-state index contributed by atoms with van der Waals surface area (Å²) >= 11 is 3.56. The molecule has 0 spiro atoms. The van der Waals surface area contributed by atoms with Gasteiger partial charge in [-0.2, -0.15) is 0 Å². The zero-order valence-electron chi connectivity index (χ0n) is 8.39. The molecule has 1 nitrogen and oxygen atoms in total. The molecule has 1 aromatic rings. The summed E-state index contributed by atoms with van der Waals surface area (Å²) in [6, 6.07) is 7.00. The van der Waals surface area contributed by atoms with Gasteiger partial charge in [-0.05, 0) is 38.9 Å². The fourth-order valence-electron chi connectivity index (χ4n) is 1.29. The number of aryl methyl sites for hydroxylation is 1. The van der Waals surface area contributed by atoms with E-state index in [0.717, 1.165) is 6.42 Å². The Balaban J connectivity index is 2.81. The SMILES string of the molecule is CNC(C)Cc1cc(C)ccc1Br. The molecule has 13 heavy (non-hydrogen) atoms. The molecule has 0 amide bonds. The van der Waals surface area contributed by atoms with E-state index >= 15 is 0 Å². The maximum absolute atomic E-state index is 3.56. The van der Waals surface area contributed by atoms with Crippen molar-refractivity contribution in [1.29, 1.82) is 0 Å². The quantitative estimate of drug-likeness (QED) is 0.859. The molecule has 1 aromatic carbocycles. The Hall–Kier alpha value is -0.340. The molecular weight excluding hydrogens is 226 g/mol. The third-order valence-electron chi connectivity index (χ3n) is 2.22. The van der Waals surface area contributed by atoms with Gasteiger partial charge in [-0.1, -0.05) is 33.6 Å². The zero-order chi connectivity index (χ0) is 9.84. The molecule has 0 aliphatic heterocycles. The van der Waals surface area contributed by atoms with Crippen LogP contribution in [0.15, 0.2) is 22.7 Å². The van der Waals surface area contributed by atoms with Crippen LogP contribution in [-0.2, 0) is 6.42 Å². The second kappa shape index (κ2) is 4.77. The smallest absolute Gasteiger partial charge is 0.0208 e. The van der Waals surface area contributed by atoms with Gasteiger partial charge in [0.25, 0.3) is 0 Å². The summed E-state index contributed by atoms with van der Waals surface area (Å²) in [5.41, 5.74) is 2.70. The highest BCUT2D eigenvalue weighted by molar-refractivity contribution is 9.10. The minimum Gasteiger partial charge on any atom is -0.317 e. The Morgan fingerprint density at radius 3 is 2.77 bits per heavy atom. The van der Waals surface area contributed by atoms with Crippen molar-refractivity contribution in [1.82, 2.24) is 5.32 Å². The van der Waals surface area contributed by atoms with Gasteiger partial charge in [-0.3, -0.25) is 0 Å². The van der Waals surface area contributed by atoms with E-state index in [4.69, 9.17) is 0 Å². The van der Waals surface area contributed by atoms with Crippen molar-refractivity contribution in [2.45, 2.75) is 26.3 Å². The Bertz CT molecular complexity index is 283. The largest absolute Gasteiger partial charge is 0.317 e. The van der Waals surface area contributed by atoms with Crippen LogP contribution in [0, 0.1) is 6.92 Å². The molecule has 1 rings (SSSR count). The standard InChI is InChI=1S/C11H16BrN/c1-8-4-5-11(12)10(6-8)7-9(2)13-3/h4-6,9,13H,7H2,1-3H3. The first kappa shape index (κ1) is 10.7. The number of hydrogen-bond acceptors (Lipinski definition) is 1. The van der Waals surface area contributed by atoms with Crippen LogP contribution < -0.4 is 5.32 Å². The van der Waals surface area contributed by atoms with E-state index in [0.29, 0.717) is 6.04 Å². The fourth-order valence-corrected chi connectivity index (χ4v) is 1.70. The van der Waals surface area contributed by atoms with Gasteiger partial charge in [-0.25, -0.2) is 0 Å². The number of benzene rings is 1. The average molecular weight is 242 g/mol. The molecule has 1 N–H and O–H groups in total. The molecule has 0 aromatic heterocycles. The van der Waals surface area contributed by atoms with Crippen molar-refractivity contribution in [3.63, 3.8) is 0 Å². The van der Waals surface area contributed by atoms with E-state index in [1.807, 2.05) is 7.05 Å². The predicted octanol–water partition coefficient (Wildman–Crippen LogP) is 2.91. The van der Waals surface area contributed by atoms with Gasteiger partial charge in [0.15, 0.2) is 0 Å². The van der Waals surface area contributed by atoms with Crippen LogP contribution in [0.25, 0.3) is 0 Å². The predicted molar refractivity (Wildman–Crippen MR) is 61.1 cm³/mol. The van der Waals surface area contributed by atoms with Gasteiger partial charge in [0, 0.05) is 10.5 Å². The monoisotopic (exact) mass is 241 g/mol. The van der Waals surface area contributed by atoms with Crippen LogP contribution >= 0.6 is 15.9 Å². The first-order chi connectivity index (χ1) is 6.13. The van der Waals surface area contributed by atoms with Crippen molar-refractivity contribution in [2.75, 3.05) is 7.05 Å². The molecule has 0 bridgehead atoms. The molecule has 72 valence electrons. The van der Waals surface area contributed by atoms with E-state index in [9.17, 15) is 0 Å². The van der Waals surface area contributed by atoms with Crippen molar-refractivity contribution in [3.8, 4) is 0 Å². The highest BCUT2D eigenvalue weighted by Crippen LogP contribution is 2.19. The van der Waals surface area contributed by atoms with Gasteiger partial charge < -0.3 is 5.32 Å². The Kier molecular flexibility index (Phi) is 3.94. The zero-order valence-corrected chi connectivity index (χ0v) is 9.98. The van der Waals surface area contributed by atoms with Gasteiger partial charge >= 0.3 is 0 Å². The Labute approximate surface area is 88.7 Å². The molecular formula is C11H16BrN. The summed E-state index contributed by atoms with van der Waals surface area (Å²) in [6.07, 6.45) is 1.07. The van der Waals surface area contributed by atoms with Gasteiger partial charge in [-0.15, -0.1) is 0 Å². The van der Waals surface area contributed by atoms with Crippen LogP contribution in [0.1, 0.15) is 18.1 Å². The maximum Gasteiger partial charge on any atom is 0.0208 e. The molecule has 0 heterocycles. The molecule has 0 aliphatic carbocycles. The average Bonchev–Trinajstić information content (AvgIpc) is 2.11. The Morgan fingerprint density at radius 1 is 1.46 bits per heavy atom. The van der Waals surface area contributed by atoms with Crippen molar-refractivity contribution >= 4 is 15.9 Å². The van der Waals surface area contributed by atoms with E-state index in [1.165, 1.54) is 15.6 Å². The lowest BCUT2D eigenvalue weighted by Crippen LogP contribution is -2.23. The lowest BCUT2D eigenvalue weighted by molar-refractivity contribution is 0.607. The summed E-state index contributed by atoms with van der Waals surface area (Å²) in [5, 5.41) is 3.24.